The lowest BCUT2D eigenvalue weighted by atomic mass is 10.4. The maximum Gasteiger partial charge on any atom is 0.238 e. The van der Waals surface area contributed by atoms with Crippen LogP contribution in [-0.4, -0.2) is 49.4 Å². The van der Waals surface area contributed by atoms with Gasteiger partial charge < -0.3 is 9.32 Å². The van der Waals surface area contributed by atoms with Gasteiger partial charge in [-0.15, -0.1) is 0 Å². The van der Waals surface area contributed by atoms with E-state index >= 15 is 0 Å². The minimum atomic E-state index is -3.22. The number of carbonyl (C=O) groups is 1. The molecule has 1 aromatic rings. The fraction of sp³-hybridized carbons (Fsp3) is 0.583. The van der Waals surface area contributed by atoms with Crippen LogP contribution in [0.2, 0.25) is 0 Å². The van der Waals surface area contributed by atoms with Gasteiger partial charge in [-0.05, 0) is 25.5 Å². The standard InChI is InChI=1S/C12H18N2O4S/c1-10-4-5-11(18-10)8-13(2)12(15)9-14-6-3-7-19(14,16)17/h4-5H,3,6-9H2,1-2H3. The predicted molar refractivity (Wildman–Crippen MR) is 69.9 cm³/mol. The molecule has 106 valence electrons. The molecule has 1 aliphatic rings. The third-order valence-corrected chi connectivity index (χ3v) is 5.03. The van der Waals surface area contributed by atoms with E-state index in [9.17, 15) is 13.2 Å². The quantitative estimate of drug-likeness (QED) is 0.812. The number of amides is 1. The van der Waals surface area contributed by atoms with Crippen LogP contribution in [0.4, 0.5) is 0 Å². The monoisotopic (exact) mass is 286 g/mol. The average molecular weight is 286 g/mol. The summed E-state index contributed by atoms with van der Waals surface area (Å²) in [6.07, 6.45) is 0.594. The van der Waals surface area contributed by atoms with Crippen LogP contribution in [0, 0.1) is 6.92 Å². The van der Waals surface area contributed by atoms with Crippen LogP contribution in [0.5, 0.6) is 0 Å². The molecular weight excluding hydrogens is 268 g/mol. The van der Waals surface area contributed by atoms with Crippen molar-refractivity contribution in [3.8, 4) is 0 Å². The Hall–Kier alpha value is -1.34. The first-order valence-electron chi connectivity index (χ1n) is 6.15. The smallest absolute Gasteiger partial charge is 0.238 e. The van der Waals surface area contributed by atoms with Crippen LogP contribution in [0.1, 0.15) is 17.9 Å². The normalized spacial score (nSPS) is 18.6. The van der Waals surface area contributed by atoms with Crippen molar-refractivity contribution in [3.05, 3.63) is 23.7 Å². The third-order valence-electron chi connectivity index (χ3n) is 3.13. The van der Waals surface area contributed by atoms with Gasteiger partial charge in [0.1, 0.15) is 11.5 Å². The lowest BCUT2D eigenvalue weighted by Gasteiger charge is -2.19. The van der Waals surface area contributed by atoms with Crippen molar-refractivity contribution in [3.63, 3.8) is 0 Å². The van der Waals surface area contributed by atoms with Gasteiger partial charge in [-0.1, -0.05) is 0 Å². The summed E-state index contributed by atoms with van der Waals surface area (Å²) >= 11 is 0. The lowest BCUT2D eigenvalue weighted by molar-refractivity contribution is -0.130. The summed E-state index contributed by atoms with van der Waals surface area (Å²) in [5.74, 6) is 1.40. The van der Waals surface area contributed by atoms with Crippen molar-refractivity contribution >= 4 is 15.9 Å². The Morgan fingerprint density at radius 1 is 1.47 bits per heavy atom. The van der Waals surface area contributed by atoms with E-state index in [0.717, 1.165) is 5.76 Å². The van der Waals surface area contributed by atoms with Crippen LogP contribution in [0.25, 0.3) is 0 Å². The highest BCUT2D eigenvalue weighted by atomic mass is 32.2. The average Bonchev–Trinajstić information content (AvgIpc) is 2.86. The number of sulfonamides is 1. The van der Waals surface area contributed by atoms with Gasteiger partial charge >= 0.3 is 0 Å². The van der Waals surface area contributed by atoms with E-state index in [1.54, 1.807) is 7.05 Å². The molecule has 0 unspecified atom stereocenters. The van der Waals surface area contributed by atoms with Gasteiger partial charge in [-0.3, -0.25) is 4.79 Å². The number of hydrogen-bond acceptors (Lipinski definition) is 4. The third kappa shape index (κ3) is 3.36. The zero-order chi connectivity index (χ0) is 14.0. The molecule has 2 rings (SSSR count). The fourth-order valence-corrected chi connectivity index (χ4v) is 3.50. The first kappa shape index (κ1) is 14.1. The van der Waals surface area contributed by atoms with Crippen LogP contribution < -0.4 is 0 Å². The molecular formula is C12H18N2O4S. The number of carbonyl (C=O) groups excluding carboxylic acids is 1. The Balaban J connectivity index is 1.93. The summed E-state index contributed by atoms with van der Waals surface area (Å²) in [7, 11) is -1.58. The van der Waals surface area contributed by atoms with Crippen molar-refractivity contribution in [2.24, 2.45) is 0 Å². The molecule has 0 radical (unpaired) electrons. The molecule has 7 heteroatoms. The number of likely N-dealkylation sites (N-methyl/N-ethyl adjacent to an activating group) is 1. The minimum absolute atomic E-state index is 0.0848. The number of hydrogen-bond donors (Lipinski definition) is 0. The molecule has 1 aromatic heterocycles. The van der Waals surface area contributed by atoms with Crippen molar-refractivity contribution < 1.29 is 17.6 Å². The van der Waals surface area contributed by atoms with Crippen molar-refractivity contribution in [2.75, 3.05) is 25.9 Å². The summed E-state index contributed by atoms with van der Waals surface area (Å²) in [5, 5.41) is 0. The Labute approximate surface area is 113 Å². The Bertz CT molecular complexity index is 564. The van der Waals surface area contributed by atoms with Crippen molar-refractivity contribution in [1.82, 2.24) is 9.21 Å². The van der Waals surface area contributed by atoms with Gasteiger partial charge in [0.15, 0.2) is 0 Å². The highest BCUT2D eigenvalue weighted by Crippen LogP contribution is 2.14. The molecule has 1 saturated heterocycles. The molecule has 0 atom stereocenters. The molecule has 2 heterocycles. The second kappa shape index (κ2) is 5.34. The zero-order valence-corrected chi connectivity index (χ0v) is 11.9. The molecule has 0 N–H and O–H groups in total. The maximum atomic E-state index is 12.0. The Kier molecular flexibility index (Phi) is 3.96. The van der Waals surface area contributed by atoms with Gasteiger partial charge in [0.05, 0.1) is 18.8 Å². The van der Waals surface area contributed by atoms with Gasteiger partial charge in [0, 0.05) is 13.6 Å². The molecule has 0 bridgehead atoms. The summed E-state index contributed by atoms with van der Waals surface area (Å²) in [6.45, 7) is 2.53. The Morgan fingerprint density at radius 3 is 2.74 bits per heavy atom. The van der Waals surface area contributed by atoms with Crippen molar-refractivity contribution in [1.29, 1.82) is 0 Å². The van der Waals surface area contributed by atoms with Crippen LogP contribution in [0.3, 0.4) is 0 Å². The second-order valence-electron chi connectivity index (χ2n) is 4.77. The van der Waals surface area contributed by atoms with Gasteiger partial charge in [-0.25, -0.2) is 8.42 Å². The van der Waals surface area contributed by atoms with E-state index in [0.29, 0.717) is 25.3 Å². The largest absolute Gasteiger partial charge is 0.464 e. The van der Waals surface area contributed by atoms with Crippen LogP contribution in [0.15, 0.2) is 16.5 Å². The summed E-state index contributed by atoms with van der Waals surface area (Å²) in [4.78, 5) is 13.5. The highest BCUT2D eigenvalue weighted by Gasteiger charge is 2.30. The number of furan rings is 1. The van der Waals surface area contributed by atoms with E-state index in [2.05, 4.69) is 0 Å². The maximum absolute atomic E-state index is 12.0. The van der Waals surface area contributed by atoms with E-state index in [-0.39, 0.29) is 18.2 Å². The van der Waals surface area contributed by atoms with Gasteiger partial charge in [0.2, 0.25) is 15.9 Å². The van der Waals surface area contributed by atoms with Gasteiger partial charge in [0.25, 0.3) is 0 Å². The highest BCUT2D eigenvalue weighted by molar-refractivity contribution is 7.89. The first-order valence-corrected chi connectivity index (χ1v) is 7.76. The zero-order valence-electron chi connectivity index (χ0n) is 11.1. The second-order valence-corrected chi connectivity index (χ2v) is 6.85. The molecule has 19 heavy (non-hydrogen) atoms. The van der Waals surface area contributed by atoms with Gasteiger partial charge in [-0.2, -0.15) is 4.31 Å². The van der Waals surface area contributed by atoms with E-state index < -0.39 is 10.0 Å². The molecule has 6 nitrogen and oxygen atoms in total. The number of nitrogens with zero attached hydrogens (tertiary/aromatic N) is 2. The van der Waals surface area contributed by atoms with Crippen molar-refractivity contribution in [2.45, 2.75) is 19.9 Å². The summed E-state index contributed by atoms with van der Waals surface area (Å²) in [5.41, 5.74) is 0. The molecule has 0 saturated carbocycles. The van der Waals surface area contributed by atoms with Crippen LogP contribution in [-0.2, 0) is 21.4 Å². The van der Waals surface area contributed by atoms with Crippen LogP contribution >= 0.6 is 0 Å². The number of aryl methyl sites for hydroxylation is 1. The molecule has 1 fully saturated rings. The van der Waals surface area contributed by atoms with E-state index in [1.165, 1.54) is 9.21 Å². The molecule has 1 amide bonds. The fourth-order valence-electron chi connectivity index (χ4n) is 2.03. The first-order chi connectivity index (χ1) is 8.88. The Morgan fingerprint density at radius 2 is 2.21 bits per heavy atom. The lowest BCUT2D eigenvalue weighted by Crippen LogP contribution is -2.38. The predicted octanol–water partition coefficient (Wildman–Crippen LogP) is 0.582. The number of rotatable bonds is 4. The summed E-state index contributed by atoms with van der Waals surface area (Å²) in [6, 6.07) is 3.64. The molecule has 0 spiro atoms. The molecule has 0 aliphatic carbocycles. The summed E-state index contributed by atoms with van der Waals surface area (Å²) < 4.78 is 29.9. The minimum Gasteiger partial charge on any atom is -0.464 e. The topological polar surface area (TPSA) is 70.8 Å². The molecule has 0 aromatic carbocycles. The van der Waals surface area contributed by atoms with E-state index in [4.69, 9.17) is 4.42 Å². The van der Waals surface area contributed by atoms with E-state index in [1.807, 2.05) is 19.1 Å². The SMILES string of the molecule is Cc1ccc(CN(C)C(=O)CN2CCCS2(=O)=O)o1. The molecule has 1 aliphatic heterocycles.